The average molecular weight is 425 g/mol. The molecule has 0 heterocycles. The molecule has 0 aromatic rings. The fourth-order valence-electron chi connectivity index (χ4n) is 11.6. The van der Waals surface area contributed by atoms with E-state index in [1.165, 1.54) is 77.0 Å². The van der Waals surface area contributed by atoms with Crippen molar-refractivity contribution in [1.82, 2.24) is 0 Å². The van der Waals surface area contributed by atoms with Gasteiger partial charge in [0.15, 0.2) is 0 Å². The fraction of sp³-hybridized carbons (Fsp3) is 1.00. The summed E-state index contributed by atoms with van der Waals surface area (Å²) >= 11 is 5.46. The van der Waals surface area contributed by atoms with Crippen LogP contribution in [-0.2, 0) is 0 Å². The first-order valence-electron chi connectivity index (χ1n) is 13.8. The standard InChI is InChI=1S/C28H45BS/c1-4-5-7-19-8-6-9-26-14-18(3)28-16-27(15-26,25(26)28)22(23(29)11-19)12-20-10-17(2)21(20)13-24(28)30/h17-25,30H,4-16H2,1-3H3/t17?,18?,19?,20?,21?,22?,23?,24?,25-,26?,27?,28?/m0/s1. The molecule has 6 rings (SSSR count). The molecule has 0 aromatic heterocycles. The van der Waals surface area contributed by atoms with Crippen molar-refractivity contribution >= 4 is 20.5 Å². The lowest BCUT2D eigenvalue weighted by molar-refractivity contribution is -0.292. The Kier molecular flexibility index (Phi) is 4.87. The van der Waals surface area contributed by atoms with Crippen LogP contribution < -0.4 is 0 Å². The first-order valence-corrected chi connectivity index (χ1v) is 14.3. The van der Waals surface area contributed by atoms with Gasteiger partial charge in [0.1, 0.15) is 0 Å². The third-order valence-electron chi connectivity index (χ3n) is 12.5. The number of thiol groups is 1. The number of hydrogen-bond donors (Lipinski definition) is 1. The smallest absolute Gasteiger partial charge is 0.0703 e. The molecule has 6 aliphatic carbocycles. The maximum atomic E-state index is 7.26. The van der Waals surface area contributed by atoms with Gasteiger partial charge in [-0.25, -0.2) is 0 Å². The minimum atomic E-state index is 0.463. The molecule has 2 heteroatoms. The molecular formula is C28H45BS. The van der Waals surface area contributed by atoms with Crippen LogP contribution in [0.2, 0.25) is 5.82 Å². The van der Waals surface area contributed by atoms with E-state index < -0.39 is 0 Å². The molecule has 2 radical (unpaired) electrons. The molecule has 166 valence electrons. The summed E-state index contributed by atoms with van der Waals surface area (Å²) in [7, 11) is 7.26. The molecule has 30 heavy (non-hydrogen) atoms. The summed E-state index contributed by atoms with van der Waals surface area (Å²) in [6, 6.07) is 0. The zero-order chi connectivity index (χ0) is 20.9. The largest absolute Gasteiger partial charge is 0.175 e. The Balaban J connectivity index is 1.39. The summed E-state index contributed by atoms with van der Waals surface area (Å²) < 4.78 is 0. The fourth-order valence-corrected chi connectivity index (χ4v) is 12.4. The second-order valence-corrected chi connectivity index (χ2v) is 14.3. The highest BCUT2D eigenvalue weighted by Gasteiger charge is 2.85. The highest BCUT2D eigenvalue weighted by Crippen LogP contribution is 2.91. The summed E-state index contributed by atoms with van der Waals surface area (Å²) in [5.74, 6) is 6.87. The summed E-state index contributed by atoms with van der Waals surface area (Å²) in [4.78, 5) is 0. The lowest BCUT2D eigenvalue weighted by atomic mass is 9.25. The maximum Gasteiger partial charge on any atom is 0.0703 e. The van der Waals surface area contributed by atoms with Crippen molar-refractivity contribution in [3.8, 4) is 0 Å². The Morgan fingerprint density at radius 2 is 1.90 bits per heavy atom. The van der Waals surface area contributed by atoms with Gasteiger partial charge in [-0.2, -0.15) is 12.6 Å². The van der Waals surface area contributed by atoms with Crippen LogP contribution in [0, 0.1) is 57.7 Å². The first kappa shape index (κ1) is 21.0. The summed E-state index contributed by atoms with van der Waals surface area (Å²) in [5.41, 5.74) is 1.86. The number of unbranched alkanes of at least 4 members (excludes halogenated alkanes) is 1. The molecule has 12 atom stereocenters. The third-order valence-corrected chi connectivity index (χ3v) is 13.2. The van der Waals surface area contributed by atoms with Crippen LogP contribution in [0.5, 0.6) is 0 Å². The highest BCUT2D eigenvalue weighted by atomic mass is 32.1. The molecule has 0 aliphatic heterocycles. The zero-order valence-corrected chi connectivity index (χ0v) is 20.8. The molecule has 6 aliphatic rings. The van der Waals surface area contributed by atoms with Gasteiger partial charge in [0.25, 0.3) is 0 Å². The minimum Gasteiger partial charge on any atom is -0.175 e. The van der Waals surface area contributed by atoms with E-state index in [0.717, 1.165) is 41.4 Å². The monoisotopic (exact) mass is 424 g/mol. The topological polar surface area (TPSA) is 0 Å². The second-order valence-electron chi connectivity index (χ2n) is 13.6. The van der Waals surface area contributed by atoms with E-state index in [-0.39, 0.29) is 0 Å². The van der Waals surface area contributed by atoms with Gasteiger partial charge in [-0.3, -0.25) is 0 Å². The molecule has 0 saturated heterocycles. The lowest BCUT2D eigenvalue weighted by Gasteiger charge is -2.79. The Hall–Kier alpha value is 0.415. The van der Waals surface area contributed by atoms with Crippen LogP contribution >= 0.6 is 12.6 Å². The predicted octanol–water partition coefficient (Wildman–Crippen LogP) is 7.73. The van der Waals surface area contributed by atoms with E-state index in [4.69, 9.17) is 20.5 Å². The van der Waals surface area contributed by atoms with Crippen molar-refractivity contribution in [2.24, 2.45) is 57.7 Å². The van der Waals surface area contributed by atoms with Crippen molar-refractivity contribution in [2.75, 3.05) is 0 Å². The van der Waals surface area contributed by atoms with Gasteiger partial charge >= 0.3 is 0 Å². The van der Waals surface area contributed by atoms with E-state index in [9.17, 15) is 0 Å². The Bertz CT molecular complexity index is 692. The van der Waals surface area contributed by atoms with Crippen LogP contribution in [0.4, 0.5) is 0 Å². The summed E-state index contributed by atoms with van der Waals surface area (Å²) in [6.45, 7) is 7.52. The molecule has 3 bridgehead atoms. The quantitative estimate of drug-likeness (QED) is 0.348. The van der Waals surface area contributed by atoms with Crippen molar-refractivity contribution in [2.45, 2.75) is 115 Å². The van der Waals surface area contributed by atoms with Crippen LogP contribution in [0.15, 0.2) is 0 Å². The van der Waals surface area contributed by atoms with Gasteiger partial charge in [-0.15, -0.1) is 0 Å². The van der Waals surface area contributed by atoms with Gasteiger partial charge in [0.2, 0.25) is 0 Å². The molecule has 0 nitrogen and oxygen atoms in total. The van der Waals surface area contributed by atoms with E-state index in [1.54, 1.807) is 6.42 Å². The lowest BCUT2D eigenvalue weighted by Crippen LogP contribution is -2.73. The van der Waals surface area contributed by atoms with E-state index >= 15 is 0 Å². The van der Waals surface area contributed by atoms with Gasteiger partial charge in [-0.05, 0) is 103 Å². The van der Waals surface area contributed by atoms with Crippen molar-refractivity contribution in [1.29, 1.82) is 0 Å². The average Bonchev–Trinajstić information content (AvgIpc) is 2.78. The van der Waals surface area contributed by atoms with Crippen molar-refractivity contribution in [3.05, 3.63) is 0 Å². The molecule has 6 fully saturated rings. The van der Waals surface area contributed by atoms with Crippen LogP contribution in [0.3, 0.4) is 0 Å². The summed E-state index contributed by atoms with van der Waals surface area (Å²) in [5, 5.41) is 0.651. The second kappa shape index (κ2) is 6.96. The Morgan fingerprint density at radius 3 is 2.67 bits per heavy atom. The normalized spacial score (nSPS) is 61.3. The third kappa shape index (κ3) is 2.50. The Morgan fingerprint density at radius 1 is 1.07 bits per heavy atom. The number of fused-ring (bicyclic) bond motifs is 1. The molecular weight excluding hydrogens is 379 g/mol. The number of hydrogen-bond acceptors (Lipinski definition) is 1. The maximum absolute atomic E-state index is 7.26. The minimum absolute atomic E-state index is 0.463. The predicted molar refractivity (Wildman–Crippen MR) is 131 cm³/mol. The molecule has 0 N–H and O–H groups in total. The molecule has 11 unspecified atom stereocenters. The SMILES string of the molecule is [B]C1CC(CCCC)CCCC23CC(C)C45CC(C2)(C1CC1CC(C)C1CC4S)[C@H]35. The van der Waals surface area contributed by atoms with Crippen molar-refractivity contribution in [3.63, 3.8) is 0 Å². The molecule has 6 saturated carbocycles. The zero-order valence-electron chi connectivity index (χ0n) is 19.9. The Labute approximate surface area is 193 Å². The van der Waals surface area contributed by atoms with Gasteiger partial charge in [0, 0.05) is 5.25 Å². The molecule has 0 aromatic carbocycles. The first-order chi connectivity index (χ1) is 14.4. The van der Waals surface area contributed by atoms with E-state index in [0.29, 0.717) is 27.3 Å². The molecule has 0 amide bonds. The number of rotatable bonds is 3. The molecule has 3 spiro atoms. The van der Waals surface area contributed by atoms with Crippen LogP contribution in [0.25, 0.3) is 0 Å². The van der Waals surface area contributed by atoms with E-state index in [2.05, 4.69) is 20.8 Å². The van der Waals surface area contributed by atoms with Crippen LogP contribution in [0.1, 0.15) is 104 Å². The highest BCUT2D eigenvalue weighted by molar-refractivity contribution is 7.81. The van der Waals surface area contributed by atoms with Crippen molar-refractivity contribution < 1.29 is 0 Å². The van der Waals surface area contributed by atoms with Crippen LogP contribution in [-0.4, -0.2) is 13.1 Å². The summed E-state index contributed by atoms with van der Waals surface area (Å²) in [6.07, 6.45) is 18.9. The van der Waals surface area contributed by atoms with Gasteiger partial charge in [-0.1, -0.05) is 65.1 Å². The van der Waals surface area contributed by atoms with Gasteiger partial charge < -0.3 is 0 Å². The van der Waals surface area contributed by atoms with Gasteiger partial charge in [0.05, 0.1) is 7.85 Å². The van der Waals surface area contributed by atoms with E-state index in [1.807, 2.05) is 0 Å².